The molecule has 0 spiro atoms. The highest BCUT2D eigenvalue weighted by Crippen LogP contribution is 2.31. The summed E-state index contributed by atoms with van der Waals surface area (Å²) >= 11 is 6.08. The summed E-state index contributed by atoms with van der Waals surface area (Å²) in [6.45, 7) is 4.05. The van der Waals surface area contributed by atoms with Gasteiger partial charge in [0.1, 0.15) is 0 Å². The molecule has 0 radical (unpaired) electrons. The molecule has 3 rings (SSSR count). The van der Waals surface area contributed by atoms with Crippen LogP contribution in [0.4, 0.5) is 11.4 Å². The quantitative estimate of drug-likeness (QED) is 0.543. The van der Waals surface area contributed by atoms with E-state index in [1.165, 1.54) is 10.4 Å². The molecular weight excluding hydrogens is 446 g/mol. The zero-order valence-electron chi connectivity index (χ0n) is 19.1. The standard InChI is InChI=1S/C24H32ClN3O3S/c1-5-17(2)28(32(30,31)22-11-7-10-20(25)15-22)16-19-14-21(12-13-23(19)27(3)4)26-24(29)18-8-6-9-18/h7,10-15,17-18H,5-6,8-9,16H2,1-4H3,(H,26,29)/t17-/m1/s1. The molecule has 1 aliphatic rings. The van der Waals surface area contributed by atoms with E-state index in [4.69, 9.17) is 11.6 Å². The van der Waals surface area contributed by atoms with Gasteiger partial charge in [-0.05, 0) is 68.1 Å². The second-order valence-electron chi connectivity index (χ2n) is 8.62. The predicted molar refractivity (Wildman–Crippen MR) is 131 cm³/mol. The van der Waals surface area contributed by atoms with Crippen molar-refractivity contribution in [2.45, 2.75) is 57.0 Å². The summed E-state index contributed by atoms with van der Waals surface area (Å²) in [5.41, 5.74) is 2.42. The van der Waals surface area contributed by atoms with E-state index in [1.807, 2.05) is 51.0 Å². The van der Waals surface area contributed by atoms with Gasteiger partial charge in [0.2, 0.25) is 15.9 Å². The molecule has 2 aromatic rings. The number of hydrogen-bond donors (Lipinski definition) is 1. The molecule has 1 amide bonds. The summed E-state index contributed by atoms with van der Waals surface area (Å²) < 4.78 is 28.6. The molecule has 1 N–H and O–H groups in total. The average Bonchev–Trinajstić information content (AvgIpc) is 2.70. The van der Waals surface area contributed by atoms with Gasteiger partial charge in [0, 0.05) is 49.0 Å². The maximum absolute atomic E-state index is 13.6. The van der Waals surface area contributed by atoms with Crippen molar-refractivity contribution in [3.8, 4) is 0 Å². The highest BCUT2D eigenvalue weighted by Gasteiger charge is 2.30. The average molecular weight is 478 g/mol. The Morgan fingerprint density at radius 3 is 2.47 bits per heavy atom. The minimum Gasteiger partial charge on any atom is -0.377 e. The normalized spacial score (nSPS) is 15.3. The summed E-state index contributed by atoms with van der Waals surface area (Å²) in [5, 5.41) is 3.38. The van der Waals surface area contributed by atoms with Gasteiger partial charge < -0.3 is 10.2 Å². The van der Waals surface area contributed by atoms with Crippen LogP contribution in [0.3, 0.4) is 0 Å². The number of carbonyl (C=O) groups excluding carboxylic acids is 1. The summed E-state index contributed by atoms with van der Waals surface area (Å²) in [5.74, 6) is 0.108. The molecule has 0 aliphatic heterocycles. The van der Waals surface area contributed by atoms with Crippen LogP contribution in [0, 0.1) is 5.92 Å². The lowest BCUT2D eigenvalue weighted by Gasteiger charge is -2.30. The molecule has 6 nitrogen and oxygen atoms in total. The maximum atomic E-state index is 13.6. The molecule has 0 unspecified atom stereocenters. The van der Waals surface area contributed by atoms with Crippen molar-refractivity contribution in [1.82, 2.24) is 4.31 Å². The smallest absolute Gasteiger partial charge is 0.243 e. The topological polar surface area (TPSA) is 69.7 Å². The molecule has 0 aromatic heterocycles. The zero-order chi connectivity index (χ0) is 23.5. The first-order valence-corrected chi connectivity index (χ1v) is 12.8. The first-order chi connectivity index (χ1) is 15.1. The van der Waals surface area contributed by atoms with Gasteiger partial charge in [0.15, 0.2) is 0 Å². The number of benzene rings is 2. The first-order valence-electron chi connectivity index (χ1n) is 11.0. The number of sulfonamides is 1. The van der Waals surface area contributed by atoms with Crippen molar-refractivity contribution < 1.29 is 13.2 Å². The van der Waals surface area contributed by atoms with Crippen molar-refractivity contribution in [1.29, 1.82) is 0 Å². The summed E-state index contributed by atoms with van der Waals surface area (Å²) in [6, 6.07) is 11.8. The minimum absolute atomic E-state index is 0.0325. The molecule has 2 aromatic carbocycles. The maximum Gasteiger partial charge on any atom is 0.243 e. The fraction of sp³-hybridized carbons (Fsp3) is 0.458. The van der Waals surface area contributed by atoms with Crippen LogP contribution in [0.1, 0.15) is 45.1 Å². The molecular formula is C24H32ClN3O3S. The summed E-state index contributed by atoms with van der Waals surface area (Å²) in [4.78, 5) is 14.6. The Labute approximate surface area is 196 Å². The molecule has 1 saturated carbocycles. The van der Waals surface area contributed by atoms with E-state index >= 15 is 0 Å². The summed E-state index contributed by atoms with van der Waals surface area (Å²) in [7, 11) is 0.0656. The molecule has 32 heavy (non-hydrogen) atoms. The highest BCUT2D eigenvalue weighted by atomic mass is 35.5. The number of nitrogens with one attached hydrogen (secondary N) is 1. The Kier molecular flexibility index (Phi) is 7.85. The van der Waals surface area contributed by atoms with Gasteiger partial charge in [-0.25, -0.2) is 8.42 Å². The second kappa shape index (κ2) is 10.2. The molecule has 1 aliphatic carbocycles. The summed E-state index contributed by atoms with van der Waals surface area (Å²) in [6.07, 6.45) is 3.60. The number of hydrogen-bond acceptors (Lipinski definition) is 4. The third-order valence-corrected chi connectivity index (χ3v) is 8.31. The van der Waals surface area contributed by atoms with Gasteiger partial charge in [0.25, 0.3) is 0 Å². The van der Waals surface area contributed by atoms with Crippen molar-refractivity contribution in [3.63, 3.8) is 0 Å². The molecule has 8 heteroatoms. The van der Waals surface area contributed by atoms with Crippen LogP contribution in [-0.4, -0.2) is 38.8 Å². The van der Waals surface area contributed by atoms with Gasteiger partial charge in [-0.15, -0.1) is 0 Å². The van der Waals surface area contributed by atoms with Gasteiger partial charge >= 0.3 is 0 Å². The Morgan fingerprint density at radius 2 is 1.91 bits per heavy atom. The second-order valence-corrected chi connectivity index (χ2v) is 10.9. The Balaban J connectivity index is 1.97. The van der Waals surface area contributed by atoms with Gasteiger partial charge in [-0.3, -0.25) is 4.79 Å². The van der Waals surface area contributed by atoms with E-state index in [0.29, 0.717) is 17.1 Å². The molecule has 0 saturated heterocycles. The lowest BCUT2D eigenvalue weighted by Crippen LogP contribution is -2.38. The van der Waals surface area contributed by atoms with Crippen LogP contribution in [0.15, 0.2) is 47.4 Å². The van der Waals surface area contributed by atoms with Crippen LogP contribution in [-0.2, 0) is 21.4 Å². The number of rotatable bonds is 9. The number of amides is 1. The van der Waals surface area contributed by atoms with Crippen molar-refractivity contribution in [3.05, 3.63) is 53.1 Å². The fourth-order valence-electron chi connectivity index (χ4n) is 3.75. The van der Waals surface area contributed by atoms with Crippen molar-refractivity contribution >= 4 is 38.9 Å². The Hall–Kier alpha value is -2.09. The minimum atomic E-state index is -3.78. The number of carbonyl (C=O) groups is 1. The Bertz CT molecular complexity index is 1070. The highest BCUT2D eigenvalue weighted by molar-refractivity contribution is 7.89. The van der Waals surface area contributed by atoms with E-state index in [-0.39, 0.29) is 29.3 Å². The van der Waals surface area contributed by atoms with Crippen LogP contribution in [0.5, 0.6) is 0 Å². The van der Waals surface area contributed by atoms with Crippen LogP contribution >= 0.6 is 11.6 Å². The third kappa shape index (κ3) is 5.45. The molecule has 174 valence electrons. The largest absolute Gasteiger partial charge is 0.377 e. The number of halogens is 1. The molecule has 1 atom stereocenters. The predicted octanol–water partition coefficient (Wildman–Crippen LogP) is 5.13. The van der Waals surface area contributed by atoms with E-state index in [1.54, 1.807) is 18.2 Å². The van der Waals surface area contributed by atoms with Crippen molar-refractivity contribution in [2.75, 3.05) is 24.3 Å². The number of nitrogens with zero attached hydrogens (tertiary/aromatic N) is 2. The van der Waals surface area contributed by atoms with Gasteiger partial charge in [0.05, 0.1) is 4.90 Å². The van der Waals surface area contributed by atoms with E-state index in [0.717, 1.165) is 30.5 Å². The van der Waals surface area contributed by atoms with E-state index in [9.17, 15) is 13.2 Å². The SMILES string of the molecule is CC[C@@H](C)N(Cc1cc(NC(=O)C2CCC2)ccc1N(C)C)S(=O)(=O)c1cccc(Cl)c1. The van der Waals surface area contributed by atoms with Crippen LogP contribution < -0.4 is 10.2 Å². The lowest BCUT2D eigenvalue weighted by molar-refractivity contribution is -0.122. The Morgan fingerprint density at radius 1 is 1.19 bits per heavy atom. The van der Waals surface area contributed by atoms with Crippen LogP contribution in [0.2, 0.25) is 5.02 Å². The van der Waals surface area contributed by atoms with E-state index in [2.05, 4.69) is 5.32 Å². The monoisotopic (exact) mass is 477 g/mol. The fourth-order valence-corrected chi connectivity index (χ4v) is 5.74. The van der Waals surface area contributed by atoms with Crippen molar-refractivity contribution in [2.24, 2.45) is 5.92 Å². The van der Waals surface area contributed by atoms with Gasteiger partial charge in [-0.2, -0.15) is 4.31 Å². The zero-order valence-corrected chi connectivity index (χ0v) is 20.7. The molecule has 0 bridgehead atoms. The third-order valence-electron chi connectivity index (χ3n) is 6.12. The molecule has 1 fully saturated rings. The van der Waals surface area contributed by atoms with Crippen LogP contribution in [0.25, 0.3) is 0 Å². The van der Waals surface area contributed by atoms with E-state index < -0.39 is 10.0 Å². The number of anilines is 2. The molecule has 0 heterocycles. The first kappa shape index (κ1) is 24.6. The van der Waals surface area contributed by atoms with Gasteiger partial charge in [-0.1, -0.05) is 31.0 Å². The lowest BCUT2D eigenvalue weighted by atomic mass is 9.85.